The molecule has 1 unspecified atom stereocenters. The van der Waals surface area contributed by atoms with E-state index in [0.29, 0.717) is 6.54 Å². The highest BCUT2D eigenvalue weighted by molar-refractivity contribution is 5.89. The summed E-state index contributed by atoms with van der Waals surface area (Å²) in [6.45, 7) is 3.30. The minimum atomic E-state index is -0.258. The minimum Gasteiger partial charge on any atom is -0.368 e. The van der Waals surface area contributed by atoms with E-state index in [4.69, 9.17) is 5.73 Å². The molecule has 3 rings (SSSR count). The molecule has 2 atom stereocenters. The molecule has 1 aromatic rings. The van der Waals surface area contributed by atoms with Gasteiger partial charge < -0.3 is 21.7 Å². The minimum absolute atomic E-state index is 0.181. The van der Waals surface area contributed by atoms with Gasteiger partial charge in [0.1, 0.15) is 0 Å². The molecule has 2 saturated heterocycles. The normalized spacial score (nSPS) is 24.0. The quantitative estimate of drug-likeness (QED) is 0.635. The van der Waals surface area contributed by atoms with Crippen molar-refractivity contribution in [1.82, 2.24) is 15.5 Å². The monoisotopic (exact) mass is 331 g/mol. The maximum Gasteiger partial charge on any atom is 0.319 e. The number of carbonyl (C=O) groups is 2. The molecule has 0 bridgehead atoms. The first-order chi connectivity index (χ1) is 11.6. The van der Waals surface area contributed by atoms with Crippen molar-refractivity contribution in [1.29, 1.82) is 0 Å². The van der Waals surface area contributed by atoms with Gasteiger partial charge >= 0.3 is 6.03 Å². The summed E-state index contributed by atoms with van der Waals surface area (Å²) in [5, 5.41) is 9.06. The molecule has 0 aliphatic carbocycles. The first-order valence-electron chi connectivity index (χ1n) is 8.52. The van der Waals surface area contributed by atoms with Crippen LogP contribution < -0.4 is 21.7 Å². The van der Waals surface area contributed by atoms with Gasteiger partial charge in [-0.2, -0.15) is 0 Å². The summed E-state index contributed by atoms with van der Waals surface area (Å²) in [4.78, 5) is 25.6. The van der Waals surface area contributed by atoms with E-state index in [9.17, 15) is 9.59 Å². The zero-order chi connectivity index (χ0) is 16.9. The topological polar surface area (TPSA) is 99.5 Å². The van der Waals surface area contributed by atoms with Crippen LogP contribution in [0, 0.1) is 0 Å². The third kappa shape index (κ3) is 4.24. The van der Waals surface area contributed by atoms with E-state index in [0.717, 1.165) is 50.1 Å². The van der Waals surface area contributed by atoms with Gasteiger partial charge in [0.15, 0.2) is 0 Å². The largest absolute Gasteiger partial charge is 0.368 e. The van der Waals surface area contributed by atoms with E-state index >= 15 is 0 Å². The second-order valence-corrected chi connectivity index (χ2v) is 6.52. The van der Waals surface area contributed by atoms with Gasteiger partial charge in [0.2, 0.25) is 5.91 Å². The van der Waals surface area contributed by atoms with Crippen LogP contribution in [0.2, 0.25) is 0 Å². The summed E-state index contributed by atoms with van der Waals surface area (Å²) in [5.41, 5.74) is 7.28. The van der Waals surface area contributed by atoms with Gasteiger partial charge in [-0.1, -0.05) is 12.1 Å². The Labute approximate surface area is 142 Å². The van der Waals surface area contributed by atoms with Crippen LogP contribution in [-0.2, 0) is 11.3 Å². The van der Waals surface area contributed by atoms with Crippen LogP contribution >= 0.6 is 0 Å². The highest BCUT2D eigenvalue weighted by atomic mass is 16.2. The molecule has 3 amide bonds. The average Bonchev–Trinajstić information content (AvgIpc) is 3.19. The number of rotatable bonds is 5. The number of nitrogens with two attached hydrogens (primary N) is 1. The maximum atomic E-state index is 12.0. The first kappa shape index (κ1) is 16.7. The molecule has 2 heterocycles. The number of benzene rings is 1. The molecule has 0 saturated carbocycles. The Morgan fingerprint density at radius 2 is 2.21 bits per heavy atom. The van der Waals surface area contributed by atoms with Gasteiger partial charge in [-0.3, -0.25) is 9.69 Å². The molecular formula is C17H25N5O2. The fourth-order valence-corrected chi connectivity index (χ4v) is 3.45. The molecule has 2 aliphatic rings. The molecule has 2 fully saturated rings. The van der Waals surface area contributed by atoms with E-state index in [1.807, 2.05) is 24.3 Å². The zero-order valence-corrected chi connectivity index (χ0v) is 13.8. The number of carbonyl (C=O) groups excluding carboxylic acids is 2. The van der Waals surface area contributed by atoms with Crippen LogP contribution in [0.3, 0.4) is 0 Å². The van der Waals surface area contributed by atoms with Crippen molar-refractivity contribution in [3.63, 3.8) is 0 Å². The van der Waals surface area contributed by atoms with Gasteiger partial charge in [-0.15, -0.1) is 0 Å². The third-order valence-corrected chi connectivity index (χ3v) is 4.66. The molecule has 7 nitrogen and oxygen atoms in total. The Bertz CT molecular complexity index is 600. The van der Waals surface area contributed by atoms with E-state index < -0.39 is 0 Å². The number of hydrogen-bond donors (Lipinski definition) is 4. The standard InChI is InChI=1S/C17H25N5O2/c18-16(23)15-5-2-8-22(15)11-12-3-1-4-13(9-12)20-17(24)21-14-6-7-19-10-14/h1,3-4,9,14-15,19H,2,5-8,10-11H2,(H2,18,23)(H2,20,21,24)/t14-,15?/m0/s1. The molecular weight excluding hydrogens is 306 g/mol. The second kappa shape index (κ2) is 7.63. The molecule has 2 aliphatic heterocycles. The average molecular weight is 331 g/mol. The lowest BCUT2D eigenvalue weighted by atomic mass is 10.1. The predicted octanol–water partition coefficient (Wildman–Crippen LogP) is 0.620. The fourth-order valence-electron chi connectivity index (χ4n) is 3.45. The van der Waals surface area contributed by atoms with Crippen molar-refractivity contribution in [2.45, 2.75) is 37.9 Å². The Morgan fingerprint density at radius 1 is 1.33 bits per heavy atom. The summed E-state index contributed by atoms with van der Waals surface area (Å²) in [7, 11) is 0. The molecule has 5 N–H and O–H groups in total. The van der Waals surface area contributed by atoms with Crippen LogP contribution in [0.15, 0.2) is 24.3 Å². The van der Waals surface area contributed by atoms with Crippen molar-refractivity contribution in [3.8, 4) is 0 Å². The van der Waals surface area contributed by atoms with Gasteiger partial charge in [-0.25, -0.2) is 4.79 Å². The third-order valence-electron chi connectivity index (χ3n) is 4.66. The second-order valence-electron chi connectivity index (χ2n) is 6.52. The van der Waals surface area contributed by atoms with Gasteiger partial charge in [0.25, 0.3) is 0 Å². The molecule has 0 spiro atoms. The fraction of sp³-hybridized carbons (Fsp3) is 0.529. The molecule has 0 radical (unpaired) electrons. The van der Waals surface area contributed by atoms with Gasteiger partial charge in [0.05, 0.1) is 6.04 Å². The Balaban J connectivity index is 1.57. The van der Waals surface area contributed by atoms with Crippen molar-refractivity contribution >= 4 is 17.6 Å². The maximum absolute atomic E-state index is 12.0. The van der Waals surface area contributed by atoms with Gasteiger partial charge in [0, 0.05) is 24.8 Å². The summed E-state index contributed by atoms with van der Waals surface area (Å²) >= 11 is 0. The van der Waals surface area contributed by atoms with Crippen LogP contribution in [0.25, 0.3) is 0 Å². The van der Waals surface area contributed by atoms with Crippen LogP contribution in [-0.4, -0.2) is 48.6 Å². The van der Waals surface area contributed by atoms with E-state index in [-0.39, 0.29) is 24.0 Å². The molecule has 130 valence electrons. The number of nitrogens with zero attached hydrogens (tertiary/aromatic N) is 1. The molecule has 0 aromatic heterocycles. The molecule has 1 aromatic carbocycles. The number of urea groups is 1. The van der Waals surface area contributed by atoms with Crippen LogP contribution in [0.4, 0.5) is 10.5 Å². The first-order valence-corrected chi connectivity index (χ1v) is 8.52. The summed E-state index contributed by atoms with van der Waals surface area (Å²) < 4.78 is 0. The number of amides is 3. The Morgan fingerprint density at radius 3 is 2.96 bits per heavy atom. The lowest BCUT2D eigenvalue weighted by Gasteiger charge is -2.22. The number of anilines is 1. The van der Waals surface area contributed by atoms with E-state index in [2.05, 4.69) is 20.9 Å². The van der Waals surface area contributed by atoms with Crippen LogP contribution in [0.1, 0.15) is 24.8 Å². The summed E-state index contributed by atoms with van der Waals surface area (Å²) in [6.07, 6.45) is 2.77. The van der Waals surface area contributed by atoms with Crippen molar-refractivity contribution < 1.29 is 9.59 Å². The number of nitrogens with one attached hydrogen (secondary N) is 3. The van der Waals surface area contributed by atoms with E-state index in [1.165, 1.54) is 0 Å². The number of primary amides is 1. The van der Waals surface area contributed by atoms with Crippen molar-refractivity contribution in [2.24, 2.45) is 5.73 Å². The highest BCUT2D eigenvalue weighted by Gasteiger charge is 2.28. The number of likely N-dealkylation sites (tertiary alicyclic amines) is 1. The summed E-state index contributed by atoms with van der Waals surface area (Å²) in [6, 6.07) is 7.55. The predicted molar refractivity (Wildman–Crippen MR) is 92.5 cm³/mol. The summed E-state index contributed by atoms with van der Waals surface area (Å²) in [5.74, 6) is -0.258. The van der Waals surface area contributed by atoms with Crippen LogP contribution in [0.5, 0.6) is 0 Å². The number of hydrogen-bond acceptors (Lipinski definition) is 4. The Hall–Kier alpha value is -2.12. The lowest BCUT2D eigenvalue weighted by molar-refractivity contribution is -0.122. The molecule has 7 heteroatoms. The smallest absolute Gasteiger partial charge is 0.319 e. The van der Waals surface area contributed by atoms with Gasteiger partial charge in [-0.05, 0) is 50.0 Å². The van der Waals surface area contributed by atoms with E-state index in [1.54, 1.807) is 0 Å². The van der Waals surface area contributed by atoms with Crippen molar-refractivity contribution in [2.75, 3.05) is 25.0 Å². The zero-order valence-electron chi connectivity index (χ0n) is 13.8. The molecule has 24 heavy (non-hydrogen) atoms. The highest BCUT2D eigenvalue weighted by Crippen LogP contribution is 2.21. The Kier molecular flexibility index (Phi) is 5.32. The SMILES string of the molecule is NC(=O)C1CCCN1Cc1cccc(NC(=O)N[C@H]2CCNC2)c1. The lowest BCUT2D eigenvalue weighted by Crippen LogP contribution is -2.40. The van der Waals surface area contributed by atoms with Crippen molar-refractivity contribution in [3.05, 3.63) is 29.8 Å².